The Labute approximate surface area is 135 Å². The third kappa shape index (κ3) is 4.27. The van der Waals surface area contributed by atoms with Gasteiger partial charge in [-0.05, 0) is 18.6 Å². The first-order valence-corrected chi connectivity index (χ1v) is 7.78. The quantitative estimate of drug-likeness (QED) is 0.892. The summed E-state index contributed by atoms with van der Waals surface area (Å²) in [5.74, 6) is 0. The van der Waals surface area contributed by atoms with Crippen LogP contribution in [0.1, 0.15) is 12.5 Å². The van der Waals surface area contributed by atoms with E-state index in [4.69, 9.17) is 11.6 Å². The van der Waals surface area contributed by atoms with E-state index in [2.05, 4.69) is 10.6 Å². The molecular formula is C15H21ClN4O2. The Kier molecular flexibility index (Phi) is 5.89. The lowest BCUT2D eigenvalue weighted by Crippen LogP contribution is -2.55. The highest BCUT2D eigenvalue weighted by Gasteiger charge is 2.23. The normalized spacial score (nSPS) is 14.6. The van der Waals surface area contributed by atoms with Crippen molar-refractivity contribution in [1.29, 1.82) is 0 Å². The molecule has 1 aliphatic rings. The first kappa shape index (κ1) is 16.4. The molecule has 0 atom stereocenters. The Hall–Kier alpha value is -1.95. The molecular weight excluding hydrogens is 304 g/mol. The van der Waals surface area contributed by atoms with Crippen LogP contribution in [0.5, 0.6) is 0 Å². The number of hydrogen-bond donors (Lipinski definition) is 2. The van der Waals surface area contributed by atoms with Crippen LogP contribution >= 0.6 is 11.6 Å². The molecule has 1 aromatic rings. The minimum absolute atomic E-state index is 0.0707. The highest BCUT2D eigenvalue weighted by Crippen LogP contribution is 2.14. The molecule has 0 bridgehead atoms. The van der Waals surface area contributed by atoms with E-state index in [1.807, 2.05) is 25.1 Å². The zero-order chi connectivity index (χ0) is 15.9. The molecule has 0 aromatic heterocycles. The van der Waals surface area contributed by atoms with Crippen molar-refractivity contribution in [3.63, 3.8) is 0 Å². The van der Waals surface area contributed by atoms with Crippen LogP contribution in [0.25, 0.3) is 0 Å². The molecule has 120 valence electrons. The zero-order valence-electron chi connectivity index (χ0n) is 12.6. The summed E-state index contributed by atoms with van der Waals surface area (Å²) in [7, 11) is 0. The number of benzene rings is 1. The standard InChI is InChI=1S/C15H21ClN4O2/c1-2-17-14(21)19-7-9-20(10-8-19)15(22)18-11-12-5-3-4-6-13(12)16/h3-6H,2,7-11H2,1H3,(H,17,21)(H,18,22). The van der Waals surface area contributed by atoms with E-state index in [1.165, 1.54) is 0 Å². The monoisotopic (exact) mass is 324 g/mol. The second-order valence-corrected chi connectivity index (χ2v) is 5.47. The molecule has 2 N–H and O–H groups in total. The minimum Gasteiger partial charge on any atom is -0.338 e. The average Bonchev–Trinajstić information content (AvgIpc) is 2.54. The topological polar surface area (TPSA) is 64.7 Å². The molecule has 1 saturated heterocycles. The van der Waals surface area contributed by atoms with Crippen LogP contribution in [0.2, 0.25) is 5.02 Å². The molecule has 6 nitrogen and oxygen atoms in total. The van der Waals surface area contributed by atoms with Gasteiger partial charge in [-0.2, -0.15) is 0 Å². The number of urea groups is 2. The van der Waals surface area contributed by atoms with Crippen molar-refractivity contribution in [2.45, 2.75) is 13.5 Å². The second-order valence-electron chi connectivity index (χ2n) is 5.06. The maximum Gasteiger partial charge on any atom is 0.317 e. The Morgan fingerprint density at radius 1 is 1.05 bits per heavy atom. The summed E-state index contributed by atoms with van der Waals surface area (Å²) in [5, 5.41) is 6.27. The summed E-state index contributed by atoms with van der Waals surface area (Å²) < 4.78 is 0. The van der Waals surface area contributed by atoms with Crippen LogP contribution in [-0.2, 0) is 6.54 Å². The van der Waals surface area contributed by atoms with Gasteiger partial charge in [0.15, 0.2) is 0 Å². The van der Waals surface area contributed by atoms with E-state index in [1.54, 1.807) is 15.9 Å². The van der Waals surface area contributed by atoms with Crippen molar-refractivity contribution in [1.82, 2.24) is 20.4 Å². The van der Waals surface area contributed by atoms with E-state index < -0.39 is 0 Å². The van der Waals surface area contributed by atoms with Crippen LogP contribution in [0.15, 0.2) is 24.3 Å². The molecule has 7 heteroatoms. The Morgan fingerprint density at radius 3 is 2.14 bits per heavy atom. The van der Waals surface area contributed by atoms with E-state index in [0.717, 1.165) is 5.56 Å². The number of rotatable bonds is 3. The molecule has 2 rings (SSSR count). The first-order chi connectivity index (χ1) is 10.6. The van der Waals surface area contributed by atoms with Crippen LogP contribution in [0.4, 0.5) is 9.59 Å². The molecule has 0 aliphatic carbocycles. The van der Waals surface area contributed by atoms with E-state index in [9.17, 15) is 9.59 Å². The van der Waals surface area contributed by atoms with Crippen molar-refractivity contribution < 1.29 is 9.59 Å². The fourth-order valence-electron chi connectivity index (χ4n) is 2.30. The van der Waals surface area contributed by atoms with E-state index >= 15 is 0 Å². The van der Waals surface area contributed by atoms with Gasteiger partial charge < -0.3 is 20.4 Å². The molecule has 22 heavy (non-hydrogen) atoms. The van der Waals surface area contributed by atoms with Gasteiger partial charge in [0, 0.05) is 44.3 Å². The summed E-state index contributed by atoms with van der Waals surface area (Å²) >= 11 is 6.06. The summed E-state index contributed by atoms with van der Waals surface area (Å²) in [5.41, 5.74) is 0.887. The first-order valence-electron chi connectivity index (χ1n) is 7.40. The van der Waals surface area contributed by atoms with Crippen LogP contribution in [-0.4, -0.2) is 54.6 Å². The predicted octanol–water partition coefficient (Wildman–Crippen LogP) is 1.90. The number of piperazine rings is 1. The number of nitrogens with zero attached hydrogens (tertiary/aromatic N) is 2. The predicted molar refractivity (Wildman–Crippen MR) is 85.9 cm³/mol. The Balaban J connectivity index is 1.78. The summed E-state index contributed by atoms with van der Waals surface area (Å²) in [6.45, 7) is 5.05. The molecule has 0 unspecified atom stereocenters. The van der Waals surface area contributed by atoms with Gasteiger partial charge >= 0.3 is 12.1 Å². The summed E-state index contributed by atoms with van der Waals surface area (Å²) in [6.07, 6.45) is 0. The van der Waals surface area contributed by atoms with Gasteiger partial charge in [-0.15, -0.1) is 0 Å². The fourth-order valence-corrected chi connectivity index (χ4v) is 2.50. The SMILES string of the molecule is CCNC(=O)N1CCN(C(=O)NCc2ccccc2Cl)CC1. The highest BCUT2D eigenvalue weighted by atomic mass is 35.5. The Morgan fingerprint density at radius 2 is 1.59 bits per heavy atom. The third-order valence-corrected chi connectivity index (χ3v) is 3.94. The van der Waals surface area contributed by atoms with Crippen LogP contribution in [0.3, 0.4) is 0 Å². The fraction of sp³-hybridized carbons (Fsp3) is 0.467. The van der Waals surface area contributed by atoms with Gasteiger partial charge in [-0.25, -0.2) is 9.59 Å². The molecule has 1 aliphatic heterocycles. The lowest BCUT2D eigenvalue weighted by Gasteiger charge is -2.34. The Bertz CT molecular complexity index is 530. The number of amides is 4. The van der Waals surface area contributed by atoms with Gasteiger partial charge in [0.2, 0.25) is 0 Å². The van der Waals surface area contributed by atoms with Gasteiger partial charge in [0.05, 0.1) is 0 Å². The maximum atomic E-state index is 12.1. The summed E-state index contributed by atoms with van der Waals surface area (Å²) in [6, 6.07) is 7.23. The number of nitrogens with one attached hydrogen (secondary N) is 2. The molecule has 1 fully saturated rings. The molecule has 4 amide bonds. The maximum absolute atomic E-state index is 12.1. The smallest absolute Gasteiger partial charge is 0.317 e. The van der Waals surface area contributed by atoms with Crippen LogP contribution < -0.4 is 10.6 Å². The lowest BCUT2D eigenvalue weighted by molar-refractivity contribution is 0.143. The van der Waals surface area contributed by atoms with Gasteiger partial charge in [0.1, 0.15) is 0 Å². The molecule has 1 heterocycles. The number of carbonyl (C=O) groups excluding carboxylic acids is 2. The van der Waals surface area contributed by atoms with Crippen molar-refractivity contribution >= 4 is 23.7 Å². The summed E-state index contributed by atoms with van der Waals surface area (Å²) in [4.78, 5) is 27.3. The third-order valence-electron chi connectivity index (χ3n) is 3.57. The zero-order valence-corrected chi connectivity index (χ0v) is 13.4. The van der Waals surface area contributed by atoms with E-state index in [0.29, 0.717) is 44.3 Å². The number of hydrogen-bond acceptors (Lipinski definition) is 2. The van der Waals surface area contributed by atoms with Crippen LogP contribution in [0, 0.1) is 0 Å². The van der Waals surface area contributed by atoms with E-state index in [-0.39, 0.29) is 12.1 Å². The largest absolute Gasteiger partial charge is 0.338 e. The van der Waals surface area contributed by atoms with Crippen molar-refractivity contribution in [3.8, 4) is 0 Å². The highest BCUT2D eigenvalue weighted by molar-refractivity contribution is 6.31. The lowest BCUT2D eigenvalue weighted by atomic mass is 10.2. The molecule has 0 spiro atoms. The average molecular weight is 325 g/mol. The van der Waals surface area contributed by atoms with Crippen molar-refractivity contribution in [2.75, 3.05) is 32.7 Å². The van der Waals surface area contributed by atoms with Gasteiger partial charge in [-0.1, -0.05) is 29.8 Å². The molecule has 1 aromatic carbocycles. The van der Waals surface area contributed by atoms with Crippen molar-refractivity contribution in [2.24, 2.45) is 0 Å². The second kappa shape index (κ2) is 7.89. The van der Waals surface area contributed by atoms with Gasteiger partial charge in [-0.3, -0.25) is 0 Å². The number of halogens is 1. The molecule has 0 radical (unpaired) electrons. The number of carbonyl (C=O) groups is 2. The van der Waals surface area contributed by atoms with Gasteiger partial charge in [0.25, 0.3) is 0 Å². The minimum atomic E-state index is -0.129. The van der Waals surface area contributed by atoms with Crippen molar-refractivity contribution in [3.05, 3.63) is 34.9 Å². The molecule has 0 saturated carbocycles.